The number of amides is 1. The van der Waals surface area contributed by atoms with Crippen LogP contribution in [0.2, 0.25) is 0 Å². The first-order chi connectivity index (χ1) is 15.8. The molecule has 0 bridgehead atoms. The zero-order valence-electron chi connectivity index (χ0n) is 18.8. The van der Waals surface area contributed by atoms with E-state index in [1.165, 1.54) is 6.33 Å². The molecular formula is C22H30N8O3. The molecule has 4 heterocycles. The number of aromatic nitrogens is 5. The molecule has 11 nitrogen and oxygen atoms in total. The van der Waals surface area contributed by atoms with Crippen LogP contribution in [0.5, 0.6) is 0 Å². The largest absolute Gasteiger partial charge is 0.390 e. The maximum Gasteiger partial charge on any atom is 0.226 e. The quantitative estimate of drug-likeness (QED) is 0.428. The fraction of sp³-hybridized carbons (Fsp3) is 0.545. The summed E-state index contributed by atoms with van der Waals surface area (Å²) in [5.74, 6) is -0.613. The van der Waals surface area contributed by atoms with Gasteiger partial charge in [0.15, 0.2) is 0 Å². The van der Waals surface area contributed by atoms with E-state index in [2.05, 4.69) is 32.3 Å². The third-order valence-corrected chi connectivity index (χ3v) is 7.04. The summed E-state index contributed by atoms with van der Waals surface area (Å²) in [5, 5.41) is 29.9. The smallest absolute Gasteiger partial charge is 0.226 e. The second-order valence-electron chi connectivity index (χ2n) is 9.26. The number of hydrogen-bond donors (Lipinski definition) is 4. The molecule has 1 saturated carbocycles. The lowest BCUT2D eigenvalue weighted by molar-refractivity contribution is -0.129. The second kappa shape index (κ2) is 8.40. The molecule has 2 aliphatic rings. The van der Waals surface area contributed by atoms with Gasteiger partial charge in [0.2, 0.25) is 5.91 Å². The van der Waals surface area contributed by atoms with Gasteiger partial charge in [-0.05, 0) is 45.5 Å². The molecule has 0 spiro atoms. The van der Waals surface area contributed by atoms with E-state index in [4.69, 9.17) is 5.73 Å². The van der Waals surface area contributed by atoms with Gasteiger partial charge >= 0.3 is 0 Å². The summed E-state index contributed by atoms with van der Waals surface area (Å²) in [6.07, 6.45) is 4.78. The Bertz CT molecular complexity index is 1170. The number of carbonyl (C=O) groups excluding carboxylic acids is 1. The monoisotopic (exact) mass is 454 g/mol. The van der Waals surface area contributed by atoms with Crippen LogP contribution in [0.3, 0.4) is 0 Å². The van der Waals surface area contributed by atoms with Crippen molar-refractivity contribution in [1.82, 2.24) is 34.5 Å². The van der Waals surface area contributed by atoms with Crippen molar-refractivity contribution in [3.8, 4) is 11.3 Å². The number of anilines is 1. The molecule has 1 aliphatic carbocycles. The Kier molecular flexibility index (Phi) is 5.55. The SMILES string of the molecule is CN1CCC(NC(=O)[C@H]2C[C@@H](n3cc(-c4ccn(C)n4)c4c(N)ncnc43)[C@H](O)[C@@H]2O)CC1. The highest BCUT2D eigenvalue weighted by molar-refractivity contribution is 6.00. The first-order valence-electron chi connectivity index (χ1n) is 11.3. The summed E-state index contributed by atoms with van der Waals surface area (Å²) in [7, 11) is 3.89. The molecule has 0 radical (unpaired) electrons. The molecule has 1 saturated heterocycles. The van der Waals surface area contributed by atoms with Crippen molar-refractivity contribution in [2.75, 3.05) is 25.9 Å². The number of likely N-dealkylation sites (tertiary alicyclic amines) is 1. The third-order valence-electron chi connectivity index (χ3n) is 7.04. The van der Waals surface area contributed by atoms with Crippen LogP contribution < -0.4 is 11.1 Å². The number of nitrogens with zero attached hydrogens (tertiary/aromatic N) is 6. The molecule has 1 aliphatic heterocycles. The number of nitrogens with one attached hydrogen (secondary N) is 1. The molecule has 4 atom stereocenters. The van der Waals surface area contributed by atoms with Crippen LogP contribution in [0, 0.1) is 5.92 Å². The minimum absolute atomic E-state index is 0.0906. The van der Waals surface area contributed by atoms with Gasteiger partial charge in [0, 0.05) is 31.0 Å². The minimum atomic E-state index is -1.17. The molecule has 5 rings (SSSR count). The van der Waals surface area contributed by atoms with Crippen LogP contribution >= 0.6 is 0 Å². The maximum atomic E-state index is 13.0. The summed E-state index contributed by atoms with van der Waals surface area (Å²) in [6.45, 7) is 1.85. The van der Waals surface area contributed by atoms with Crippen molar-refractivity contribution in [2.45, 2.75) is 43.6 Å². The number of aryl methyl sites for hydroxylation is 1. The van der Waals surface area contributed by atoms with Crippen molar-refractivity contribution in [2.24, 2.45) is 13.0 Å². The number of aliphatic hydroxyl groups excluding tert-OH is 2. The molecule has 2 fully saturated rings. The molecule has 0 aromatic carbocycles. The van der Waals surface area contributed by atoms with Gasteiger partial charge in [-0.25, -0.2) is 9.97 Å². The summed E-state index contributed by atoms with van der Waals surface area (Å²) < 4.78 is 3.49. The van der Waals surface area contributed by atoms with Gasteiger partial charge in [0.05, 0.1) is 29.1 Å². The van der Waals surface area contributed by atoms with Crippen molar-refractivity contribution in [1.29, 1.82) is 0 Å². The molecule has 33 heavy (non-hydrogen) atoms. The van der Waals surface area contributed by atoms with Gasteiger partial charge in [0.1, 0.15) is 23.9 Å². The van der Waals surface area contributed by atoms with Crippen molar-refractivity contribution < 1.29 is 15.0 Å². The Hall–Kier alpha value is -3.02. The number of aliphatic hydroxyl groups is 2. The topological polar surface area (TPSA) is 147 Å². The van der Waals surface area contributed by atoms with Crippen LogP contribution in [-0.2, 0) is 11.8 Å². The van der Waals surface area contributed by atoms with Crippen LogP contribution in [-0.4, -0.2) is 83.7 Å². The van der Waals surface area contributed by atoms with Crippen LogP contribution in [0.4, 0.5) is 5.82 Å². The number of carbonyl (C=O) groups is 1. The number of nitrogens with two attached hydrogens (primary N) is 1. The molecule has 1 amide bonds. The van der Waals surface area contributed by atoms with Crippen LogP contribution in [0.1, 0.15) is 25.3 Å². The number of hydrogen-bond acceptors (Lipinski definition) is 8. The lowest BCUT2D eigenvalue weighted by Gasteiger charge is -2.30. The standard InChI is InChI=1S/C22H30N8O3/c1-28-6-3-12(4-7-28)26-22(33)13-9-16(19(32)18(13)31)30-10-14(15-5-8-29(2)27-15)17-20(23)24-11-25-21(17)30/h5,8,10-13,16,18-19,31-32H,3-4,6-7,9H2,1-2H3,(H,26,33)(H2,23,24,25)/t13-,16+,18+,19-/m0/s1. The maximum absolute atomic E-state index is 13.0. The van der Waals surface area contributed by atoms with Crippen LogP contribution in [0.15, 0.2) is 24.8 Å². The molecular weight excluding hydrogens is 424 g/mol. The average molecular weight is 455 g/mol. The number of rotatable bonds is 4. The average Bonchev–Trinajstić information content (AvgIpc) is 3.47. The Balaban J connectivity index is 1.44. The lowest BCUT2D eigenvalue weighted by atomic mass is 10.0. The lowest BCUT2D eigenvalue weighted by Crippen LogP contribution is -2.47. The van der Waals surface area contributed by atoms with Gasteiger partial charge in [0.25, 0.3) is 0 Å². The number of nitrogen functional groups attached to an aromatic ring is 1. The van der Waals surface area contributed by atoms with E-state index < -0.39 is 24.2 Å². The minimum Gasteiger partial charge on any atom is -0.390 e. The predicted molar refractivity (Wildman–Crippen MR) is 122 cm³/mol. The fourth-order valence-corrected chi connectivity index (χ4v) is 5.12. The van der Waals surface area contributed by atoms with Gasteiger partial charge < -0.3 is 30.7 Å². The van der Waals surface area contributed by atoms with E-state index in [1.807, 2.05) is 25.5 Å². The van der Waals surface area contributed by atoms with Crippen molar-refractivity contribution in [3.63, 3.8) is 0 Å². The Labute approximate surface area is 191 Å². The molecule has 3 aromatic heterocycles. The van der Waals surface area contributed by atoms with Gasteiger partial charge in [-0.3, -0.25) is 9.48 Å². The number of piperidine rings is 1. The zero-order valence-corrected chi connectivity index (χ0v) is 18.8. The van der Waals surface area contributed by atoms with Crippen molar-refractivity contribution >= 4 is 22.8 Å². The van der Waals surface area contributed by atoms with Gasteiger partial charge in [-0.1, -0.05) is 0 Å². The van der Waals surface area contributed by atoms with E-state index in [0.717, 1.165) is 31.5 Å². The zero-order chi connectivity index (χ0) is 23.3. The Morgan fingerprint density at radius 2 is 1.94 bits per heavy atom. The Morgan fingerprint density at radius 1 is 1.18 bits per heavy atom. The highest BCUT2D eigenvalue weighted by Crippen LogP contribution is 2.41. The fourth-order valence-electron chi connectivity index (χ4n) is 5.12. The summed E-state index contributed by atoms with van der Waals surface area (Å²) >= 11 is 0. The van der Waals surface area contributed by atoms with Gasteiger partial charge in [-0.2, -0.15) is 5.10 Å². The normalized spacial score (nSPS) is 26.8. The molecule has 5 N–H and O–H groups in total. The molecule has 3 aromatic rings. The van der Waals surface area contributed by atoms with E-state index in [-0.39, 0.29) is 18.4 Å². The van der Waals surface area contributed by atoms with E-state index in [9.17, 15) is 15.0 Å². The van der Waals surface area contributed by atoms with E-state index in [1.54, 1.807) is 9.25 Å². The highest BCUT2D eigenvalue weighted by Gasteiger charge is 2.47. The van der Waals surface area contributed by atoms with Crippen molar-refractivity contribution in [3.05, 3.63) is 24.8 Å². The summed E-state index contributed by atoms with van der Waals surface area (Å²) in [4.78, 5) is 23.8. The molecule has 0 unspecified atom stereocenters. The molecule has 11 heteroatoms. The first-order valence-corrected chi connectivity index (χ1v) is 11.3. The number of fused-ring (bicyclic) bond motifs is 1. The first kappa shape index (κ1) is 21.8. The summed E-state index contributed by atoms with van der Waals surface area (Å²) in [5.41, 5.74) is 8.17. The second-order valence-corrected chi connectivity index (χ2v) is 9.26. The Morgan fingerprint density at radius 3 is 2.64 bits per heavy atom. The summed E-state index contributed by atoms with van der Waals surface area (Å²) in [6, 6.07) is 1.42. The van der Waals surface area contributed by atoms with E-state index in [0.29, 0.717) is 22.5 Å². The molecule has 176 valence electrons. The van der Waals surface area contributed by atoms with Gasteiger partial charge in [-0.15, -0.1) is 0 Å². The third kappa shape index (κ3) is 3.85. The van der Waals surface area contributed by atoms with E-state index >= 15 is 0 Å². The highest BCUT2D eigenvalue weighted by atomic mass is 16.3. The predicted octanol–water partition coefficient (Wildman–Crippen LogP) is -0.0928. The van der Waals surface area contributed by atoms with Crippen LogP contribution in [0.25, 0.3) is 22.3 Å².